The molecule has 2 heterocycles. The van der Waals surface area contributed by atoms with Crippen LogP contribution in [0.3, 0.4) is 0 Å². The van der Waals surface area contributed by atoms with Crippen LogP contribution in [0, 0.1) is 0 Å². The maximum absolute atomic E-state index is 13.1. The van der Waals surface area contributed by atoms with E-state index >= 15 is 0 Å². The third kappa shape index (κ3) is 5.40. The number of nitrogens with one attached hydrogen (secondary N) is 1. The van der Waals surface area contributed by atoms with Gasteiger partial charge in [-0.15, -0.1) is 10.2 Å². The molecule has 33 heavy (non-hydrogen) atoms. The number of thioether (sulfide) groups is 1. The molecular weight excluding hydrogens is 432 g/mol. The summed E-state index contributed by atoms with van der Waals surface area (Å²) in [6.07, 6.45) is 3.47. The normalized spacial score (nSPS) is 10.9. The first-order chi connectivity index (χ1) is 16.0. The fourth-order valence-electron chi connectivity index (χ4n) is 3.51. The lowest BCUT2D eigenvalue weighted by Crippen LogP contribution is -2.38. The zero-order chi connectivity index (χ0) is 23.2. The number of rotatable bonds is 8. The number of aromatic nitrogens is 4. The molecule has 0 saturated heterocycles. The second kappa shape index (κ2) is 10.3. The molecule has 0 fully saturated rings. The molecule has 4 rings (SSSR count). The SMILES string of the molecule is CC(C)N(C(=O)CSc1nnc(-c2cccnc2)n1C)c1ccc(Nc2ccccc2)cc1. The van der Waals surface area contributed by atoms with Crippen LogP contribution in [0.4, 0.5) is 17.1 Å². The Morgan fingerprint density at radius 2 is 1.73 bits per heavy atom. The quantitative estimate of drug-likeness (QED) is 0.368. The molecule has 2 aromatic carbocycles. The summed E-state index contributed by atoms with van der Waals surface area (Å²) in [6, 6.07) is 21.7. The van der Waals surface area contributed by atoms with Gasteiger partial charge in [0.1, 0.15) is 0 Å². The van der Waals surface area contributed by atoms with E-state index < -0.39 is 0 Å². The third-order valence-corrected chi connectivity index (χ3v) is 6.08. The van der Waals surface area contributed by atoms with Crippen LogP contribution >= 0.6 is 11.8 Å². The highest BCUT2D eigenvalue weighted by atomic mass is 32.2. The van der Waals surface area contributed by atoms with Gasteiger partial charge in [-0.3, -0.25) is 9.78 Å². The minimum Gasteiger partial charge on any atom is -0.356 e. The molecule has 168 valence electrons. The molecule has 0 aliphatic carbocycles. The molecular formula is C25H26N6OS. The maximum Gasteiger partial charge on any atom is 0.237 e. The summed E-state index contributed by atoms with van der Waals surface area (Å²) in [5.74, 6) is 1.01. The number of benzene rings is 2. The number of para-hydroxylation sites is 1. The van der Waals surface area contributed by atoms with Gasteiger partial charge in [-0.1, -0.05) is 30.0 Å². The minimum absolute atomic E-state index is 0.0182. The van der Waals surface area contributed by atoms with Crippen LogP contribution in [0.25, 0.3) is 11.4 Å². The predicted octanol–water partition coefficient (Wildman–Crippen LogP) is 5.15. The Labute approximate surface area is 197 Å². The summed E-state index contributed by atoms with van der Waals surface area (Å²) in [6.45, 7) is 4.03. The first kappa shape index (κ1) is 22.5. The zero-order valence-corrected chi connectivity index (χ0v) is 19.7. The molecule has 0 aliphatic heterocycles. The smallest absolute Gasteiger partial charge is 0.237 e. The Kier molecular flexibility index (Phi) is 7.04. The van der Waals surface area contributed by atoms with Gasteiger partial charge in [-0.2, -0.15) is 0 Å². The van der Waals surface area contributed by atoms with Crippen molar-refractivity contribution in [3.8, 4) is 11.4 Å². The van der Waals surface area contributed by atoms with Crippen molar-refractivity contribution in [1.29, 1.82) is 0 Å². The number of carbonyl (C=O) groups excluding carboxylic acids is 1. The van der Waals surface area contributed by atoms with Gasteiger partial charge in [-0.05, 0) is 62.4 Å². The molecule has 7 nitrogen and oxygen atoms in total. The number of hydrogen-bond acceptors (Lipinski definition) is 6. The molecule has 2 aromatic heterocycles. The Morgan fingerprint density at radius 3 is 2.39 bits per heavy atom. The first-order valence-electron chi connectivity index (χ1n) is 10.7. The highest BCUT2D eigenvalue weighted by molar-refractivity contribution is 7.99. The Hall–Kier alpha value is -3.65. The van der Waals surface area contributed by atoms with E-state index in [1.807, 2.05) is 97.1 Å². The maximum atomic E-state index is 13.1. The fourth-order valence-corrected chi connectivity index (χ4v) is 4.28. The van der Waals surface area contributed by atoms with Crippen molar-refractivity contribution < 1.29 is 4.79 Å². The lowest BCUT2D eigenvalue weighted by molar-refractivity contribution is -0.116. The van der Waals surface area contributed by atoms with Crippen molar-refractivity contribution in [1.82, 2.24) is 19.7 Å². The Balaban J connectivity index is 1.43. The molecule has 0 spiro atoms. The number of carbonyl (C=O) groups is 1. The molecule has 0 aliphatic rings. The summed E-state index contributed by atoms with van der Waals surface area (Å²) in [4.78, 5) is 19.1. The summed E-state index contributed by atoms with van der Waals surface area (Å²) in [5, 5.41) is 12.6. The number of pyridine rings is 1. The van der Waals surface area contributed by atoms with Crippen molar-refractivity contribution in [2.75, 3.05) is 16.0 Å². The second-order valence-electron chi connectivity index (χ2n) is 7.79. The van der Waals surface area contributed by atoms with Crippen LogP contribution in [0.15, 0.2) is 84.3 Å². The molecule has 0 saturated carbocycles. The van der Waals surface area contributed by atoms with Gasteiger partial charge in [-0.25, -0.2) is 0 Å². The average molecular weight is 459 g/mol. The summed E-state index contributed by atoms with van der Waals surface area (Å²) < 4.78 is 1.89. The average Bonchev–Trinajstić information content (AvgIpc) is 3.20. The van der Waals surface area contributed by atoms with Crippen molar-refractivity contribution in [3.63, 3.8) is 0 Å². The van der Waals surface area contributed by atoms with Gasteiger partial charge in [0.2, 0.25) is 5.91 Å². The summed E-state index contributed by atoms with van der Waals surface area (Å²) in [7, 11) is 1.90. The van der Waals surface area contributed by atoms with Crippen LogP contribution in [0.1, 0.15) is 13.8 Å². The minimum atomic E-state index is 0.0182. The second-order valence-corrected chi connectivity index (χ2v) is 8.73. The number of amides is 1. The summed E-state index contributed by atoms with van der Waals surface area (Å²) in [5.41, 5.74) is 3.74. The van der Waals surface area contributed by atoms with Crippen molar-refractivity contribution in [3.05, 3.63) is 79.1 Å². The molecule has 0 radical (unpaired) electrons. The molecule has 8 heteroatoms. The van der Waals surface area contributed by atoms with Crippen LogP contribution in [0.2, 0.25) is 0 Å². The monoisotopic (exact) mass is 458 g/mol. The van der Waals surface area contributed by atoms with Gasteiger partial charge in [0.15, 0.2) is 11.0 Å². The number of hydrogen-bond donors (Lipinski definition) is 1. The molecule has 0 atom stereocenters. The highest BCUT2D eigenvalue weighted by Gasteiger charge is 2.21. The first-order valence-corrected chi connectivity index (χ1v) is 11.7. The number of nitrogens with zero attached hydrogens (tertiary/aromatic N) is 5. The zero-order valence-electron chi connectivity index (χ0n) is 18.8. The van der Waals surface area contributed by atoms with Gasteiger partial charge in [0, 0.05) is 48.1 Å². The van der Waals surface area contributed by atoms with Crippen molar-refractivity contribution in [2.45, 2.75) is 25.0 Å². The van der Waals surface area contributed by atoms with E-state index in [0.29, 0.717) is 5.16 Å². The van der Waals surface area contributed by atoms with Crippen molar-refractivity contribution >= 4 is 34.7 Å². The molecule has 1 amide bonds. The fraction of sp³-hybridized carbons (Fsp3) is 0.200. The van der Waals surface area contributed by atoms with Crippen LogP contribution in [-0.2, 0) is 11.8 Å². The Morgan fingerprint density at radius 1 is 1.00 bits per heavy atom. The van der Waals surface area contributed by atoms with Gasteiger partial charge in [0.05, 0.1) is 5.75 Å². The predicted molar refractivity (Wildman–Crippen MR) is 134 cm³/mol. The third-order valence-electron chi connectivity index (χ3n) is 5.07. The van der Waals surface area contributed by atoms with Gasteiger partial charge in [0.25, 0.3) is 0 Å². The van der Waals surface area contributed by atoms with Crippen LogP contribution < -0.4 is 10.2 Å². The topological polar surface area (TPSA) is 75.9 Å². The molecule has 4 aromatic rings. The van der Waals surface area contributed by atoms with E-state index in [-0.39, 0.29) is 17.7 Å². The highest BCUT2D eigenvalue weighted by Crippen LogP contribution is 2.26. The molecule has 0 unspecified atom stereocenters. The van der Waals surface area contributed by atoms with Crippen LogP contribution in [-0.4, -0.2) is 37.5 Å². The lowest BCUT2D eigenvalue weighted by atomic mass is 10.2. The Bertz CT molecular complexity index is 1190. The van der Waals surface area contributed by atoms with E-state index in [9.17, 15) is 4.79 Å². The molecule has 0 bridgehead atoms. The van der Waals surface area contributed by atoms with Gasteiger partial charge < -0.3 is 14.8 Å². The summed E-state index contributed by atoms with van der Waals surface area (Å²) >= 11 is 1.38. The van der Waals surface area contributed by atoms with E-state index in [1.54, 1.807) is 12.4 Å². The standard InChI is InChI=1S/C25H26N6OS/c1-18(2)31(22-13-11-21(12-14-22)27-20-9-5-4-6-10-20)23(32)17-33-25-29-28-24(30(25)3)19-8-7-15-26-16-19/h4-16,18,27H,17H2,1-3H3. The largest absolute Gasteiger partial charge is 0.356 e. The van der Waals surface area contributed by atoms with E-state index in [0.717, 1.165) is 28.5 Å². The van der Waals surface area contributed by atoms with E-state index in [2.05, 4.69) is 20.5 Å². The van der Waals surface area contributed by atoms with Gasteiger partial charge >= 0.3 is 0 Å². The number of anilines is 3. The van der Waals surface area contributed by atoms with E-state index in [1.165, 1.54) is 11.8 Å². The van der Waals surface area contributed by atoms with Crippen LogP contribution in [0.5, 0.6) is 0 Å². The molecule has 1 N–H and O–H groups in total. The van der Waals surface area contributed by atoms with E-state index in [4.69, 9.17) is 0 Å². The lowest BCUT2D eigenvalue weighted by Gasteiger charge is -2.27. The van der Waals surface area contributed by atoms with Crippen molar-refractivity contribution in [2.24, 2.45) is 7.05 Å².